The summed E-state index contributed by atoms with van der Waals surface area (Å²) in [6.45, 7) is 4.89. The zero-order chi connectivity index (χ0) is 16.3. The Morgan fingerprint density at radius 2 is 2.00 bits per heavy atom. The number of nitrogens with zero attached hydrogens (tertiary/aromatic N) is 1. The molecular formula is C16H13NO5. The number of phenolic OH excluding ortho intramolecular Hbond substituents is 1. The summed E-state index contributed by atoms with van der Waals surface area (Å²) in [4.78, 5) is 22.0. The number of nitro benzene ring substituents is 1. The molecule has 0 amide bonds. The largest absolute Gasteiger partial charge is 0.507 e. The fraction of sp³-hybridized carbons (Fsp3) is 0.0625. The van der Waals surface area contributed by atoms with Gasteiger partial charge in [-0.2, -0.15) is 0 Å². The molecule has 0 aliphatic heterocycles. The number of aromatic hydroxyl groups is 1. The summed E-state index contributed by atoms with van der Waals surface area (Å²) >= 11 is 0. The van der Waals surface area contributed by atoms with Gasteiger partial charge in [-0.1, -0.05) is 24.8 Å². The summed E-state index contributed by atoms with van der Waals surface area (Å²) in [6.07, 6.45) is 1.00. The topological polar surface area (TPSA) is 89.7 Å². The van der Waals surface area contributed by atoms with Crippen LogP contribution in [0.25, 0.3) is 11.1 Å². The Kier molecular flexibility index (Phi) is 4.22. The lowest BCUT2D eigenvalue weighted by atomic mass is 9.97. The van der Waals surface area contributed by atoms with E-state index in [1.54, 1.807) is 25.1 Å². The van der Waals surface area contributed by atoms with Crippen LogP contribution in [0, 0.1) is 17.0 Å². The van der Waals surface area contributed by atoms with E-state index >= 15 is 0 Å². The Bertz CT molecular complexity index is 767. The molecule has 0 saturated carbocycles. The van der Waals surface area contributed by atoms with Crippen LogP contribution in [-0.4, -0.2) is 16.0 Å². The summed E-state index contributed by atoms with van der Waals surface area (Å²) in [7, 11) is 0. The van der Waals surface area contributed by atoms with E-state index in [9.17, 15) is 20.0 Å². The smallest absolute Gasteiger partial charge is 0.335 e. The highest BCUT2D eigenvalue weighted by molar-refractivity contribution is 5.86. The molecule has 0 bridgehead atoms. The molecule has 6 heteroatoms. The average molecular weight is 299 g/mol. The van der Waals surface area contributed by atoms with Gasteiger partial charge in [-0.15, -0.1) is 0 Å². The Morgan fingerprint density at radius 3 is 2.59 bits per heavy atom. The van der Waals surface area contributed by atoms with Crippen LogP contribution in [0.3, 0.4) is 0 Å². The van der Waals surface area contributed by atoms with Gasteiger partial charge in [-0.05, 0) is 19.1 Å². The maximum Gasteiger partial charge on any atom is 0.335 e. The van der Waals surface area contributed by atoms with Crippen LogP contribution in [0.2, 0.25) is 0 Å². The molecule has 22 heavy (non-hydrogen) atoms. The SMILES string of the molecule is C=CC(=O)Oc1ccc([N+](=O)[O-])c(-c2ccccc2O)c1C. The number of hydrogen-bond acceptors (Lipinski definition) is 5. The van der Waals surface area contributed by atoms with Crippen molar-refractivity contribution in [2.24, 2.45) is 0 Å². The maximum absolute atomic E-state index is 11.3. The molecule has 2 aromatic carbocycles. The Labute approximate surface area is 126 Å². The summed E-state index contributed by atoms with van der Waals surface area (Å²) < 4.78 is 5.07. The number of esters is 1. The summed E-state index contributed by atoms with van der Waals surface area (Å²) in [5.74, 6) is -0.588. The minimum Gasteiger partial charge on any atom is -0.507 e. The van der Waals surface area contributed by atoms with Crippen molar-refractivity contribution in [3.8, 4) is 22.6 Å². The third kappa shape index (κ3) is 2.80. The number of ether oxygens (including phenoxy) is 1. The number of rotatable bonds is 4. The molecule has 0 aliphatic rings. The third-order valence-corrected chi connectivity index (χ3v) is 3.14. The molecule has 112 valence electrons. The molecule has 0 aliphatic carbocycles. The molecule has 6 nitrogen and oxygen atoms in total. The summed E-state index contributed by atoms with van der Waals surface area (Å²) in [5, 5.41) is 21.2. The quantitative estimate of drug-likeness (QED) is 0.307. The van der Waals surface area contributed by atoms with Crippen LogP contribution < -0.4 is 4.74 Å². The van der Waals surface area contributed by atoms with Crippen molar-refractivity contribution in [2.75, 3.05) is 0 Å². The van der Waals surface area contributed by atoms with Gasteiger partial charge in [0, 0.05) is 23.3 Å². The van der Waals surface area contributed by atoms with E-state index in [1.807, 2.05) is 0 Å². The van der Waals surface area contributed by atoms with Crippen molar-refractivity contribution in [3.63, 3.8) is 0 Å². The van der Waals surface area contributed by atoms with E-state index in [0.717, 1.165) is 6.08 Å². The predicted molar refractivity (Wildman–Crippen MR) is 80.8 cm³/mol. The zero-order valence-corrected chi connectivity index (χ0v) is 11.8. The van der Waals surface area contributed by atoms with Gasteiger partial charge in [0.25, 0.3) is 5.69 Å². The molecule has 0 saturated heterocycles. The van der Waals surface area contributed by atoms with E-state index in [0.29, 0.717) is 11.1 Å². The molecule has 0 radical (unpaired) electrons. The van der Waals surface area contributed by atoms with Gasteiger partial charge in [0.05, 0.1) is 10.5 Å². The van der Waals surface area contributed by atoms with Gasteiger partial charge in [0.15, 0.2) is 0 Å². The maximum atomic E-state index is 11.3. The molecule has 1 N–H and O–H groups in total. The van der Waals surface area contributed by atoms with Crippen molar-refractivity contribution >= 4 is 11.7 Å². The second-order valence-electron chi connectivity index (χ2n) is 4.48. The van der Waals surface area contributed by atoms with Gasteiger partial charge < -0.3 is 9.84 Å². The highest BCUT2D eigenvalue weighted by Crippen LogP contribution is 2.41. The van der Waals surface area contributed by atoms with Gasteiger partial charge in [-0.25, -0.2) is 4.79 Å². The Balaban J connectivity index is 2.70. The van der Waals surface area contributed by atoms with E-state index in [2.05, 4.69) is 6.58 Å². The second-order valence-corrected chi connectivity index (χ2v) is 4.48. The van der Waals surface area contributed by atoms with Crippen molar-refractivity contribution in [2.45, 2.75) is 6.92 Å². The van der Waals surface area contributed by atoms with Crippen molar-refractivity contribution in [1.82, 2.24) is 0 Å². The molecule has 0 atom stereocenters. The second kappa shape index (κ2) is 6.09. The molecule has 0 aromatic heterocycles. The molecule has 2 aromatic rings. The third-order valence-electron chi connectivity index (χ3n) is 3.14. The van der Waals surface area contributed by atoms with Crippen LogP contribution in [0.1, 0.15) is 5.56 Å². The molecule has 0 unspecified atom stereocenters. The highest BCUT2D eigenvalue weighted by atomic mass is 16.6. The number of carbonyl (C=O) groups is 1. The fourth-order valence-electron chi connectivity index (χ4n) is 2.12. The van der Waals surface area contributed by atoms with Crippen LogP contribution in [0.4, 0.5) is 5.69 Å². The van der Waals surface area contributed by atoms with Crippen molar-refractivity contribution in [1.29, 1.82) is 0 Å². The first-order valence-electron chi connectivity index (χ1n) is 6.36. The normalized spacial score (nSPS) is 10.0. The van der Waals surface area contributed by atoms with Gasteiger partial charge in [-0.3, -0.25) is 10.1 Å². The fourth-order valence-corrected chi connectivity index (χ4v) is 2.12. The first-order chi connectivity index (χ1) is 10.5. The predicted octanol–water partition coefficient (Wildman–Crippen LogP) is 3.37. The van der Waals surface area contributed by atoms with Crippen LogP contribution in [0.15, 0.2) is 49.1 Å². The van der Waals surface area contributed by atoms with Gasteiger partial charge >= 0.3 is 5.97 Å². The van der Waals surface area contributed by atoms with E-state index < -0.39 is 10.9 Å². The highest BCUT2D eigenvalue weighted by Gasteiger charge is 2.23. The average Bonchev–Trinajstić information content (AvgIpc) is 2.49. The summed E-state index contributed by atoms with van der Waals surface area (Å²) in [5.41, 5.74) is 0.698. The molecule has 0 heterocycles. The minimum absolute atomic E-state index is 0.0964. The van der Waals surface area contributed by atoms with E-state index in [-0.39, 0.29) is 22.7 Å². The number of hydrogen-bond donors (Lipinski definition) is 1. The first kappa shape index (κ1) is 15.2. The molecule has 0 spiro atoms. The zero-order valence-electron chi connectivity index (χ0n) is 11.8. The monoisotopic (exact) mass is 299 g/mol. The van der Waals surface area contributed by atoms with Crippen LogP contribution in [-0.2, 0) is 4.79 Å². The molecule has 0 fully saturated rings. The van der Waals surface area contributed by atoms with Crippen LogP contribution >= 0.6 is 0 Å². The standard InChI is InChI=1S/C16H13NO5/c1-3-15(19)22-14-9-8-12(17(20)21)16(10(14)2)11-6-4-5-7-13(11)18/h3-9,18H,1H2,2H3. The van der Waals surface area contributed by atoms with E-state index in [4.69, 9.17) is 4.74 Å². The van der Waals surface area contributed by atoms with E-state index in [1.165, 1.54) is 18.2 Å². The number of nitro groups is 1. The number of phenols is 1. The van der Waals surface area contributed by atoms with Gasteiger partial charge in [0.1, 0.15) is 11.5 Å². The Hall–Kier alpha value is -3.15. The Morgan fingerprint density at radius 1 is 1.32 bits per heavy atom. The number of benzene rings is 2. The molecular weight excluding hydrogens is 286 g/mol. The van der Waals surface area contributed by atoms with Gasteiger partial charge in [0.2, 0.25) is 0 Å². The summed E-state index contributed by atoms with van der Waals surface area (Å²) in [6, 6.07) is 8.84. The molecule has 2 rings (SSSR count). The van der Waals surface area contributed by atoms with Crippen LogP contribution in [0.5, 0.6) is 11.5 Å². The lowest BCUT2D eigenvalue weighted by molar-refractivity contribution is -0.384. The lowest BCUT2D eigenvalue weighted by Gasteiger charge is -2.12. The minimum atomic E-state index is -0.666. The van der Waals surface area contributed by atoms with Crippen molar-refractivity contribution in [3.05, 3.63) is 64.7 Å². The number of carbonyl (C=O) groups excluding carboxylic acids is 1. The number of para-hydroxylation sites is 1. The van der Waals surface area contributed by atoms with Crippen molar-refractivity contribution < 1.29 is 19.6 Å². The lowest BCUT2D eigenvalue weighted by Crippen LogP contribution is -2.06. The first-order valence-corrected chi connectivity index (χ1v) is 6.36.